The molecule has 0 atom stereocenters. The first-order valence-corrected chi connectivity index (χ1v) is 10.0. The van der Waals surface area contributed by atoms with Crippen molar-refractivity contribution in [2.75, 3.05) is 13.6 Å². The van der Waals surface area contributed by atoms with E-state index < -0.39 is 0 Å². The zero-order valence-electron chi connectivity index (χ0n) is 17.2. The lowest BCUT2D eigenvalue weighted by molar-refractivity contribution is 0.310. The van der Waals surface area contributed by atoms with Gasteiger partial charge in [-0.25, -0.2) is 0 Å². The predicted molar refractivity (Wildman–Crippen MR) is 131 cm³/mol. The van der Waals surface area contributed by atoms with E-state index in [0.717, 1.165) is 42.0 Å². The zero-order valence-corrected chi connectivity index (χ0v) is 19.6. The first-order chi connectivity index (χ1) is 14.0. The molecule has 0 radical (unpaired) electrons. The molecule has 0 unspecified atom stereocenters. The third-order valence-electron chi connectivity index (χ3n) is 5.80. The SMILES string of the molecule is CN1CCc2c(c3ccc(-n4ccc(-c5ccc(Cl)cn5)cc4=O)cc3n2C)C1.Cl.Cl. The number of benzene rings is 1. The molecule has 0 amide bonds. The van der Waals surface area contributed by atoms with Gasteiger partial charge in [-0.3, -0.25) is 14.3 Å². The van der Waals surface area contributed by atoms with E-state index in [4.69, 9.17) is 11.6 Å². The second-order valence-electron chi connectivity index (χ2n) is 7.66. The molecule has 162 valence electrons. The average Bonchev–Trinajstić information content (AvgIpc) is 2.99. The van der Waals surface area contributed by atoms with Gasteiger partial charge >= 0.3 is 0 Å². The van der Waals surface area contributed by atoms with Crippen molar-refractivity contribution in [1.29, 1.82) is 0 Å². The largest absolute Gasteiger partial charge is 0.347 e. The molecule has 0 saturated heterocycles. The fourth-order valence-corrected chi connectivity index (χ4v) is 4.36. The number of rotatable bonds is 2. The van der Waals surface area contributed by atoms with Crippen LogP contribution in [-0.2, 0) is 20.0 Å². The van der Waals surface area contributed by atoms with E-state index >= 15 is 0 Å². The number of likely N-dealkylation sites (N-methyl/N-ethyl adjacent to an activating group) is 1. The van der Waals surface area contributed by atoms with Crippen molar-refractivity contribution in [2.45, 2.75) is 13.0 Å². The van der Waals surface area contributed by atoms with Crippen LogP contribution in [0.3, 0.4) is 0 Å². The Morgan fingerprint density at radius 3 is 2.55 bits per heavy atom. The number of fused-ring (bicyclic) bond motifs is 3. The van der Waals surface area contributed by atoms with Crippen molar-refractivity contribution < 1.29 is 0 Å². The van der Waals surface area contributed by atoms with Gasteiger partial charge < -0.3 is 9.47 Å². The highest BCUT2D eigenvalue weighted by Crippen LogP contribution is 2.31. The van der Waals surface area contributed by atoms with Crippen LogP contribution in [0.2, 0.25) is 5.02 Å². The summed E-state index contributed by atoms with van der Waals surface area (Å²) in [6, 6.07) is 13.4. The minimum absolute atomic E-state index is 0. The number of nitrogens with zero attached hydrogens (tertiary/aromatic N) is 4. The van der Waals surface area contributed by atoms with E-state index in [1.54, 1.807) is 22.9 Å². The van der Waals surface area contributed by atoms with Gasteiger partial charge in [0.25, 0.3) is 5.56 Å². The summed E-state index contributed by atoms with van der Waals surface area (Å²) in [5.41, 5.74) is 6.25. The summed E-state index contributed by atoms with van der Waals surface area (Å²) in [7, 11) is 4.28. The number of hydrogen-bond donors (Lipinski definition) is 0. The molecule has 8 heteroatoms. The number of pyridine rings is 2. The van der Waals surface area contributed by atoms with Crippen molar-refractivity contribution in [2.24, 2.45) is 7.05 Å². The van der Waals surface area contributed by atoms with E-state index in [9.17, 15) is 4.79 Å². The maximum Gasteiger partial charge on any atom is 0.255 e. The highest BCUT2D eigenvalue weighted by Gasteiger charge is 2.21. The van der Waals surface area contributed by atoms with E-state index in [1.807, 2.05) is 24.4 Å². The fraction of sp³-hybridized carbons (Fsp3) is 0.217. The summed E-state index contributed by atoms with van der Waals surface area (Å²) in [5.74, 6) is 0. The lowest BCUT2D eigenvalue weighted by Gasteiger charge is -2.23. The molecule has 0 bridgehead atoms. The molecular formula is C23H23Cl3N4O. The lowest BCUT2D eigenvalue weighted by atomic mass is 10.0. The number of halogens is 3. The van der Waals surface area contributed by atoms with Crippen LogP contribution in [0.1, 0.15) is 11.3 Å². The topological polar surface area (TPSA) is 43.1 Å². The zero-order chi connectivity index (χ0) is 20.1. The van der Waals surface area contributed by atoms with Crippen molar-refractivity contribution in [1.82, 2.24) is 19.0 Å². The van der Waals surface area contributed by atoms with Crippen LogP contribution in [0.15, 0.2) is 59.7 Å². The van der Waals surface area contributed by atoms with Crippen LogP contribution in [0, 0.1) is 0 Å². The second kappa shape index (κ2) is 9.05. The molecule has 4 heterocycles. The lowest BCUT2D eigenvalue weighted by Crippen LogP contribution is -2.26. The van der Waals surface area contributed by atoms with Crippen LogP contribution in [0.5, 0.6) is 0 Å². The molecule has 0 spiro atoms. The molecule has 0 fully saturated rings. The van der Waals surface area contributed by atoms with E-state index in [1.165, 1.54) is 16.6 Å². The van der Waals surface area contributed by atoms with Crippen molar-refractivity contribution in [3.05, 3.63) is 81.5 Å². The first-order valence-electron chi connectivity index (χ1n) is 9.65. The highest BCUT2D eigenvalue weighted by atomic mass is 35.5. The molecule has 3 aromatic heterocycles. The molecule has 1 aliphatic rings. The minimum atomic E-state index is -0.0858. The molecule has 1 aliphatic heterocycles. The van der Waals surface area contributed by atoms with Gasteiger partial charge in [-0.15, -0.1) is 24.8 Å². The second-order valence-corrected chi connectivity index (χ2v) is 8.10. The van der Waals surface area contributed by atoms with Gasteiger partial charge in [0.1, 0.15) is 0 Å². The normalized spacial score (nSPS) is 13.4. The standard InChI is InChI=1S/C23H21ClN4O.2ClH/c1-26-9-8-21-19(14-26)18-5-4-17(12-22(18)27(21)2)28-10-7-15(11-23(28)29)20-6-3-16(24)13-25-20;;/h3-7,10-13H,8-9,14H2,1-2H3;2*1H. The molecule has 4 aromatic rings. The van der Waals surface area contributed by atoms with Crippen LogP contribution in [-0.4, -0.2) is 32.6 Å². The Balaban J connectivity index is 0.00000136. The average molecular weight is 478 g/mol. The monoisotopic (exact) mass is 476 g/mol. The van der Waals surface area contributed by atoms with Gasteiger partial charge in [0, 0.05) is 61.7 Å². The summed E-state index contributed by atoms with van der Waals surface area (Å²) < 4.78 is 3.95. The van der Waals surface area contributed by atoms with Gasteiger partial charge in [0.15, 0.2) is 0 Å². The Kier molecular flexibility index (Phi) is 6.82. The Morgan fingerprint density at radius 1 is 1.03 bits per heavy atom. The molecule has 0 N–H and O–H groups in total. The third kappa shape index (κ3) is 4.11. The molecular weight excluding hydrogens is 455 g/mol. The van der Waals surface area contributed by atoms with Crippen LogP contribution < -0.4 is 5.56 Å². The van der Waals surface area contributed by atoms with Crippen molar-refractivity contribution in [3.63, 3.8) is 0 Å². The van der Waals surface area contributed by atoms with Gasteiger partial charge in [0.2, 0.25) is 0 Å². The van der Waals surface area contributed by atoms with Crippen molar-refractivity contribution in [3.8, 4) is 16.9 Å². The van der Waals surface area contributed by atoms with E-state index in [0.29, 0.717) is 5.02 Å². The molecule has 5 rings (SSSR count). The minimum Gasteiger partial charge on any atom is -0.347 e. The number of aromatic nitrogens is 3. The van der Waals surface area contributed by atoms with Gasteiger partial charge in [-0.1, -0.05) is 17.7 Å². The molecule has 5 nitrogen and oxygen atoms in total. The van der Waals surface area contributed by atoms with Crippen LogP contribution >= 0.6 is 36.4 Å². The maximum absolute atomic E-state index is 12.8. The Hall–Kier alpha value is -2.31. The van der Waals surface area contributed by atoms with Crippen molar-refractivity contribution >= 4 is 47.3 Å². The smallest absolute Gasteiger partial charge is 0.255 e. The predicted octanol–water partition coefficient (Wildman–Crippen LogP) is 4.88. The van der Waals surface area contributed by atoms with Gasteiger partial charge in [0.05, 0.1) is 21.9 Å². The van der Waals surface area contributed by atoms with Gasteiger partial charge in [-0.2, -0.15) is 0 Å². The Morgan fingerprint density at radius 2 is 1.84 bits per heavy atom. The molecule has 1 aromatic carbocycles. The van der Waals surface area contributed by atoms with Crippen LogP contribution in [0.4, 0.5) is 0 Å². The van der Waals surface area contributed by atoms with E-state index in [-0.39, 0.29) is 30.4 Å². The van der Waals surface area contributed by atoms with E-state index in [2.05, 4.69) is 40.7 Å². The highest BCUT2D eigenvalue weighted by molar-refractivity contribution is 6.30. The third-order valence-corrected chi connectivity index (χ3v) is 6.02. The Labute approximate surface area is 198 Å². The number of aryl methyl sites for hydroxylation is 1. The summed E-state index contributed by atoms with van der Waals surface area (Å²) in [4.78, 5) is 19.5. The molecule has 31 heavy (non-hydrogen) atoms. The Bertz CT molecular complexity index is 1290. The summed E-state index contributed by atoms with van der Waals surface area (Å²) in [5, 5.41) is 1.85. The molecule has 0 saturated carbocycles. The number of hydrogen-bond acceptors (Lipinski definition) is 3. The summed E-state index contributed by atoms with van der Waals surface area (Å²) in [6.07, 6.45) is 4.45. The van der Waals surface area contributed by atoms with Crippen LogP contribution in [0.25, 0.3) is 27.8 Å². The van der Waals surface area contributed by atoms with Gasteiger partial charge in [-0.05, 0) is 42.9 Å². The summed E-state index contributed by atoms with van der Waals surface area (Å²) >= 11 is 5.91. The first kappa shape index (κ1) is 23.4. The summed E-state index contributed by atoms with van der Waals surface area (Å²) in [6.45, 7) is 2.04. The quantitative estimate of drug-likeness (QED) is 0.413. The maximum atomic E-state index is 12.8. The fourth-order valence-electron chi connectivity index (χ4n) is 4.24. The molecule has 0 aliphatic carbocycles.